The van der Waals surface area contributed by atoms with Crippen molar-refractivity contribution in [1.29, 1.82) is 0 Å². The molecular formula is C18H29NO2. The molecule has 0 spiro atoms. The number of rotatable bonds is 3. The lowest BCUT2D eigenvalue weighted by Crippen LogP contribution is -2.35. The fraction of sp³-hybridized carbons (Fsp3) is 0.611. The molecule has 1 aromatic rings. The lowest BCUT2D eigenvalue weighted by atomic mass is 9.99. The van der Waals surface area contributed by atoms with Crippen molar-refractivity contribution in [3.8, 4) is 5.75 Å². The van der Waals surface area contributed by atoms with Crippen molar-refractivity contribution in [2.75, 3.05) is 20.2 Å². The molecule has 118 valence electrons. The quantitative estimate of drug-likeness (QED) is 0.822. The van der Waals surface area contributed by atoms with E-state index in [0.29, 0.717) is 5.92 Å². The van der Waals surface area contributed by atoms with Crippen LogP contribution in [0.2, 0.25) is 0 Å². The van der Waals surface area contributed by atoms with Gasteiger partial charge in [0.2, 0.25) is 0 Å². The van der Waals surface area contributed by atoms with Crippen LogP contribution in [0.25, 0.3) is 0 Å². The molecule has 1 aromatic carbocycles. The van der Waals surface area contributed by atoms with Crippen molar-refractivity contribution in [3.63, 3.8) is 0 Å². The Morgan fingerprint density at radius 1 is 1.14 bits per heavy atom. The number of ether oxygens (including phenoxy) is 1. The molecule has 1 fully saturated rings. The summed E-state index contributed by atoms with van der Waals surface area (Å²) in [4.78, 5) is 14.4. The second-order valence-corrected chi connectivity index (χ2v) is 5.46. The van der Waals surface area contributed by atoms with Gasteiger partial charge in [0, 0.05) is 18.7 Å². The summed E-state index contributed by atoms with van der Waals surface area (Å²) in [6.45, 7) is 10.0. The number of carbonyl (C=O) groups is 1. The van der Waals surface area contributed by atoms with Crippen LogP contribution >= 0.6 is 0 Å². The Kier molecular flexibility index (Phi) is 7.27. The third kappa shape index (κ3) is 4.48. The minimum atomic E-state index is 0.133. The summed E-state index contributed by atoms with van der Waals surface area (Å²) in [7, 11) is 1.66. The highest BCUT2D eigenvalue weighted by Crippen LogP contribution is 2.28. The van der Waals surface area contributed by atoms with Crippen LogP contribution in [-0.2, 0) is 0 Å². The average Bonchev–Trinajstić information content (AvgIpc) is 2.56. The number of piperidine rings is 1. The number of hydrogen-bond donors (Lipinski definition) is 0. The van der Waals surface area contributed by atoms with Gasteiger partial charge in [-0.3, -0.25) is 4.79 Å². The van der Waals surface area contributed by atoms with Crippen LogP contribution in [0, 0.1) is 0 Å². The molecule has 1 heterocycles. The lowest BCUT2D eigenvalue weighted by Gasteiger charge is -2.27. The van der Waals surface area contributed by atoms with Gasteiger partial charge in [0.1, 0.15) is 5.75 Å². The predicted octanol–water partition coefficient (Wildman–Crippen LogP) is 4.47. The van der Waals surface area contributed by atoms with Crippen molar-refractivity contribution in [3.05, 3.63) is 29.3 Å². The van der Waals surface area contributed by atoms with Crippen LogP contribution in [0.5, 0.6) is 5.75 Å². The topological polar surface area (TPSA) is 29.5 Å². The van der Waals surface area contributed by atoms with E-state index in [0.717, 1.165) is 42.8 Å². The van der Waals surface area contributed by atoms with E-state index in [1.54, 1.807) is 7.11 Å². The maximum atomic E-state index is 12.4. The number of methoxy groups -OCH3 is 1. The third-order valence-electron chi connectivity index (χ3n) is 3.75. The normalized spacial score (nSPS) is 14.5. The van der Waals surface area contributed by atoms with Crippen LogP contribution < -0.4 is 4.74 Å². The first-order valence-electron chi connectivity index (χ1n) is 8.10. The third-order valence-corrected chi connectivity index (χ3v) is 3.75. The molecule has 0 aromatic heterocycles. The van der Waals surface area contributed by atoms with Gasteiger partial charge in [-0.1, -0.05) is 33.8 Å². The van der Waals surface area contributed by atoms with E-state index in [9.17, 15) is 4.79 Å². The number of carbonyl (C=O) groups excluding carboxylic acids is 1. The van der Waals surface area contributed by atoms with Crippen LogP contribution in [0.1, 0.15) is 68.8 Å². The Bertz CT molecular complexity index is 449. The number of amides is 1. The van der Waals surface area contributed by atoms with Crippen molar-refractivity contribution in [2.24, 2.45) is 0 Å². The van der Waals surface area contributed by atoms with E-state index in [4.69, 9.17) is 4.74 Å². The van der Waals surface area contributed by atoms with E-state index in [1.807, 2.05) is 36.9 Å². The Morgan fingerprint density at radius 3 is 2.29 bits per heavy atom. The zero-order valence-electron chi connectivity index (χ0n) is 14.1. The van der Waals surface area contributed by atoms with Crippen molar-refractivity contribution < 1.29 is 9.53 Å². The minimum absolute atomic E-state index is 0.133. The maximum Gasteiger partial charge on any atom is 0.253 e. The molecule has 0 aliphatic carbocycles. The van der Waals surface area contributed by atoms with E-state index in [2.05, 4.69) is 13.8 Å². The molecule has 21 heavy (non-hydrogen) atoms. The fourth-order valence-electron chi connectivity index (χ4n) is 2.60. The molecule has 0 atom stereocenters. The Hall–Kier alpha value is -1.51. The first-order valence-corrected chi connectivity index (χ1v) is 8.10. The van der Waals surface area contributed by atoms with Gasteiger partial charge in [-0.2, -0.15) is 0 Å². The molecule has 3 heteroatoms. The predicted molar refractivity (Wildman–Crippen MR) is 88.2 cm³/mol. The summed E-state index contributed by atoms with van der Waals surface area (Å²) >= 11 is 0. The highest BCUT2D eigenvalue weighted by Gasteiger charge is 2.19. The first kappa shape index (κ1) is 17.5. The molecule has 0 unspecified atom stereocenters. The summed E-state index contributed by atoms with van der Waals surface area (Å²) in [5.41, 5.74) is 1.89. The minimum Gasteiger partial charge on any atom is -0.496 e. The van der Waals surface area contributed by atoms with Gasteiger partial charge in [-0.15, -0.1) is 0 Å². The molecule has 2 rings (SSSR count). The summed E-state index contributed by atoms with van der Waals surface area (Å²) in [5.74, 6) is 1.35. The van der Waals surface area contributed by atoms with Crippen LogP contribution in [-0.4, -0.2) is 31.0 Å². The largest absolute Gasteiger partial charge is 0.496 e. The second-order valence-electron chi connectivity index (χ2n) is 5.46. The summed E-state index contributed by atoms with van der Waals surface area (Å²) in [6, 6.07) is 5.82. The first-order chi connectivity index (χ1) is 10.1. The number of likely N-dealkylation sites (tertiary alicyclic amines) is 1. The molecule has 1 aliphatic rings. The molecule has 1 aliphatic heterocycles. The monoisotopic (exact) mass is 291 g/mol. The number of nitrogens with zero attached hydrogens (tertiary/aromatic N) is 1. The summed E-state index contributed by atoms with van der Waals surface area (Å²) in [6.07, 6.45) is 3.47. The molecular weight excluding hydrogens is 262 g/mol. The van der Waals surface area contributed by atoms with Gasteiger partial charge >= 0.3 is 0 Å². The molecule has 3 nitrogen and oxygen atoms in total. The van der Waals surface area contributed by atoms with E-state index < -0.39 is 0 Å². The Balaban J connectivity index is 0.00000106. The molecule has 0 radical (unpaired) electrons. The van der Waals surface area contributed by atoms with Crippen LogP contribution in [0.15, 0.2) is 18.2 Å². The van der Waals surface area contributed by atoms with Gasteiger partial charge in [0.05, 0.1) is 7.11 Å². The van der Waals surface area contributed by atoms with Crippen molar-refractivity contribution >= 4 is 5.91 Å². The molecule has 0 N–H and O–H groups in total. The fourth-order valence-corrected chi connectivity index (χ4v) is 2.60. The summed E-state index contributed by atoms with van der Waals surface area (Å²) < 4.78 is 5.41. The van der Waals surface area contributed by atoms with Crippen molar-refractivity contribution in [1.82, 2.24) is 4.90 Å². The smallest absolute Gasteiger partial charge is 0.253 e. The molecule has 1 amide bonds. The molecule has 0 saturated carbocycles. The van der Waals surface area contributed by atoms with Gasteiger partial charge < -0.3 is 9.64 Å². The van der Waals surface area contributed by atoms with Gasteiger partial charge in [-0.25, -0.2) is 0 Å². The second kappa shape index (κ2) is 8.71. The Morgan fingerprint density at radius 2 is 1.76 bits per heavy atom. The standard InChI is InChI=1S/C16H23NO2.C2H6/c1-12(2)14-8-7-13(11-15(14)19-3)16(18)17-9-5-4-6-10-17;1-2/h7-8,11-12H,4-6,9-10H2,1-3H3;1-2H3. The number of benzene rings is 1. The zero-order valence-corrected chi connectivity index (χ0v) is 14.1. The van der Waals surface area contributed by atoms with Gasteiger partial charge in [0.15, 0.2) is 0 Å². The maximum absolute atomic E-state index is 12.4. The van der Waals surface area contributed by atoms with E-state index in [-0.39, 0.29) is 5.91 Å². The van der Waals surface area contributed by atoms with E-state index in [1.165, 1.54) is 6.42 Å². The molecule has 0 bridgehead atoms. The van der Waals surface area contributed by atoms with Gasteiger partial charge in [0.25, 0.3) is 5.91 Å². The zero-order chi connectivity index (χ0) is 15.8. The Labute approximate surface area is 129 Å². The molecule has 1 saturated heterocycles. The SMILES string of the molecule is CC.COc1cc(C(=O)N2CCCCC2)ccc1C(C)C. The van der Waals surface area contributed by atoms with Crippen LogP contribution in [0.3, 0.4) is 0 Å². The number of hydrogen-bond acceptors (Lipinski definition) is 2. The summed E-state index contributed by atoms with van der Waals surface area (Å²) in [5, 5.41) is 0. The van der Waals surface area contributed by atoms with Crippen molar-refractivity contribution in [2.45, 2.75) is 52.9 Å². The average molecular weight is 291 g/mol. The van der Waals surface area contributed by atoms with Gasteiger partial charge in [-0.05, 0) is 42.9 Å². The highest BCUT2D eigenvalue weighted by atomic mass is 16.5. The van der Waals surface area contributed by atoms with E-state index >= 15 is 0 Å². The lowest BCUT2D eigenvalue weighted by molar-refractivity contribution is 0.0724. The highest BCUT2D eigenvalue weighted by molar-refractivity contribution is 5.94. The van der Waals surface area contributed by atoms with Crippen LogP contribution in [0.4, 0.5) is 0 Å².